The lowest BCUT2D eigenvalue weighted by molar-refractivity contribution is 0.537. The lowest BCUT2D eigenvalue weighted by Crippen LogP contribution is -2.16. The minimum Gasteiger partial charge on any atom is -0.313 e. The third-order valence-electron chi connectivity index (χ3n) is 2.57. The average molecular weight is 195 g/mol. The van der Waals surface area contributed by atoms with Crippen molar-refractivity contribution in [2.24, 2.45) is 7.05 Å². The monoisotopic (exact) mass is 195 g/mol. The van der Waals surface area contributed by atoms with Gasteiger partial charge in [0.25, 0.3) is 0 Å². The summed E-state index contributed by atoms with van der Waals surface area (Å²) in [6.07, 6.45) is 5.52. The second-order valence-corrected chi connectivity index (χ2v) is 3.69. The van der Waals surface area contributed by atoms with Crippen LogP contribution in [-0.2, 0) is 13.5 Å². The first-order chi connectivity index (χ1) is 6.72. The van der Waals surface area contributed by atoms with E-state index in [0.29, 0.717) is 6.04 Å². The molecular formula is C11H21N3. The van der Waals surface area contributed by atoms with Crippen LogP contribution in [0.5, 0.6) is 0 Å². The van der Waals surface area contributed by atoms with E-state index in [0.717, 1.165) is 6.42 Å². The van der Waals surface area contributed by atoms with Gasteiger partial charge >= 0.3 is 0 Å². The Morgan fingerprint density at radius 3 is 2.71 bits per heavy atom. The van der Waals surface area contributed by atoms with E-state index in [1.807, 2.05) is 18.8 Å². The minimum atomic E-state index is 0.462. The molecule has 1 heterocycles. The highest BCUT2D eigenvalue weighted by molar-refractivity contribution is 5.21. The molecule has 0 saturated heterocycles. The molecule has 1 atom stereocenters. The Hall–Kier alpha value is -0.830. The van der Waals surface area contributed by atoms with Crippen molar-refractivity contribution in [3.05, 3.63) is 17.5 Å². The van der Waals surface area contributed by atoms with Gasteiger partial charge in [-0.25, -0.2) is 0 Å². The van der Waals surface area contributed by atoms with E-state index >= 15 is 0 Å². The molecule has 0 radical (unpaired) electrons. The number of nitrogens with one attached hydrogen (secondary N) is 1. The lowest BCUT2D eigenvalue weighted by Gasteiger charge is -2.14. The normalized spacial score (nSPS) is 13.1. The summed E-state index contributed by atoms with van der Waals surface area (Å²) in [6, 6.07) is 0.462. The first-order valence-corrected chi connectivity index (χ1v) is 5.42. The maximum Gasteiger partial charge on any atom is 0.0669 e. The molecule has 0 saturated carbocycles. The van der Waals surface area contributed by atoms with Gasteiger partial charge in [0.1, 0.15) is 0 Å². The van der Waals surface area contributed by atoms with Gasteiger partial charge in [-0.1, -0.05) is 20.3 Å². The number of aryl methyl sites for hydroxylation is 2. The van der Waals surface area contributed by atoms with Crippen molar-refractivity contribution >= 4 is 0 Å². The molecule has 1 unspecified atom stereocenters. The van der Waals surface area contributed by atoms with E-state index < -0.39 is 0 Å². The fourth-order valence-corrected chi connectivity index (χ4v) is 1.86. The standard InChI is InChI=1S/C11H21N3/c1-5-7-11(12-3)9-8-14(4)13-10(9)6-2/h8,11-12H,5-7H2,1-4H3. The predicted octanol–water partition coefficient (Wildman–Crippen LogP) is 2.04. The van der Waals surface area contributed by atoms with E-state index in [4.69, 9.17) is 0 Å². The molecule has 1 N–H and O–H groups in total. The van der Waals surface area contributed by atoms with Crippen molar-refractivity contribution in [2.75, 3.05) is 7.05 Å². The van der Waals surface area contributed by atoms with Crippen molar-refractivity contribution in [3.63, 3.8) is 0 Å². The molecule has 1 aromatic rings. The Bertz CT molecular complexity index is 278. The molecule has 0 bridgehead atoms. The molecule has 0 amide bonds. The SMILES string of the molecule is CCCC(NC)c1cn(C)nc1CC. The van der Waals surface area contributed by atoms with Gasteiger partial charge in [-0.3, -0.25) is 4.68 Å². The van der Waals surface area contributed by atoms with Crippen LogP contribution in [0.2, 0.25) is 0 Å². The van der Waals surface area contributed by atoms with Gasteiger partial charge in [0.05, 0.1) is 5.69 Å². The van der Waals surface area contributed by atoms with Crippen LogP contribution in [0.3, 0.4) is 0 Å². The molecule has 1 aromatic heterocycles. The van der Waals surface area contributed by atoms with Gasteiger partial charge in [-0.05, 0) is 19.9 Å². The highest BCUT2D eigenvalue weighted by Crippen LogP contribution is 2.21. The summed E-state index contributed by atoms with van der Waals surface area (Å²) < 4.78 is 1.91. The Morgan fingerprint density at radius 1 is 1.50 bits per heavy atom. The van der Waals surface area contributed by atoms with E-state index in [2.05, 4.69) is 30.5 Å². The van der Waals surface area contributed by atoms with Crippen molar-refractivity contribution in [1.82, 2.24) is 15.1 Å². The fraction of sp³-hybridized carbons (Fsp3) is 0.727. The van der Waals surface area contributed by atoms with Crippen molar-refractivity contribution in [3.8, 4) is 0 Å². The van der Waals surface area contributed by atoms with E-state index in [-0.39, 0.29) is 0 Å². The maximum atomic E-state index is 4.46. The van der Waals surface area contributed by atoms with Gasteiger partial charge in [-0.15, -0.1) is 0 Å². The first kappa shape index (κ1) is 11.2. The quantitative estimate of drug-likeness (QED) is 0.779. The Morgan fingerprint density at radius 2 is 2.21 bits per heavy atom. The molecule has 3 heteroatoms. The molecule has 80 valence electrons. The molecular weight excluding hydrogens is 174 g/mol. The predicted molar refractivity (Wildman–Crippen MR) is 59.3 cm³/mol. The van der Waals surface area contributed by atoms with Crippen LogP contribution in [0.25, 0.3) is 0 Å². The zero-order valence-corrected chi connectivity index (χ0v) is 9.67. The fourth-order valence-electron chi connectivity index (χ4n) is 1.86. The molecule has 0 aliphatic heterocycles. The summed E-state index contributed by atoms with van der Waals surface area (Å²) >= 11 is 0. The van der Waals surface area contributed by atoms with Gasteiger partial charge in [0.15, 0.2) is 0 Å². The van der Waals surface area contributed by atoms with Gasteiger partial charge in [0.2, 0.25) is 0 Å². The average Bonchev–Trinajstić information content (AvgIpc) is 2.55. The Kier molecular flexibility index (Phi) is 4.14. The maximum absolute atomic E-state index is 4.46. The van der Waals surface area contributed by atoms with Gasteiger partial charge in [0, 0.05) is 24.8 Å². The van der Waals surface area contributed by atoms with E-state index in [1.54, 1.807) is 0 Å². The van der Waals surface area contributed by atoms with Crippen LogP contribution in [0.1, 0.15) is 44.0 Å². The summed E-state index contributed by atoms with van der Waals surface area (Å²) in [6.45, 7) is 4.37. The van der Waals surface area contributed by atoms with Gasteiger partial charge in [-0.2, -0.15) is 5.10 Å². The van der Waals surface area contributed by atoms with Crippen LogP contribution in [0, 0.1) is 0 Å². The van der Waals surface area contributed by atoms with E-state index in [1.165, 1.54) is 24.1 Å². The second-order valence-electron chi connectivity index (χ2n) is 3.69. The molecule has 0 aliphatic rings. The van der Waals surface area contributed by atoms with Crippen LogP contribution < -0.4 is 5.32 Å². The van der Waals surface area contributed by atoms with Crippen LogP contribution in [0.15, 0.2) is 6.20 Å². The highest BCUT2D eigenvalue weighted by Gasteiger charge is 2.14. The van der Waals surface area contributed by atoms with Gasteiger partial charge < -0.3 is 5.32 Å². The summed E-state index contributed by atoms with van der Waals surface area (Å²) in [7, 11) is 4.01. The van der Waals surface area contributed by atoms with Crippen molar-refractivity contribution in [1.29, 1.82) is 0 Å². The molecule has 3 nitrogen and oxygen atoms in total. The minimum absolute atomic E-state index is 0.462. The molecule has 1 rings (SSSR count). The molecule has 0 fully saturated rings. The first-order valence-electron chi connectivity index (χ1n) is 5.42. The lowest BCUT2D eigenvalue weighted by atomic mass is 10.0. The van der Waals surface area contributed by atoms with E-state index in [9.17, 15) is 0 Å². The topological polar surface area (TPSA) is 29.9 Å². The zero-order chi connectivity index (χ0) is 10.6. The molecule has 14 heavy (non-hydrogen) atoms. The smallest absolute Gasteiger partial charge is 0.0669 e. The number of aromatic nitrogens is 2. The van der Waals surface area contributed by atoms with Crippen molar-refractivity contribution in [2.45, 2.75) is 39.2 Å². The molecule has 0 spiro atoms. The summed E-state index contributed by atoms with van der Waals surface area (Å²) in [4.78, 5) is 0. The third kappa shape index (κ3) is 2.35. The number of hydrogen-bond donors (Lipinski definition) is 1. The second kappa shape index (κ2) is 5.15. The summed E-state index contributed by atoms with van der Waals surface area (Å²) in [5.74, 6) is 0. The summed E-state index contributed by atoms with van der Waals surface area (Å²) in [5.41, 5.74) is 2.58. The Labute approximate surface area is 86.5 Å². The molecule has 0 aromatic carbocycles. The largest absolute Gasteiger partial charge is 0.313 e. The third-order valence-corrected chi connectivity index (χ3v) is 2.57. The van der Waals surface area contributed by atoms with Crippen LogP contribution >= 0.6 is 0 Å². The molecule has 0 aliphatic carbocycles. The zero-order valence-electron chi connectivity index (χ0n) is 9.67. The van der Waals surface area contributed by atoms with Crippen molar-refractivity contribution < 1.29 is 0 Å². The van der Waals surface area contributed by atoms with Crippen LogP contribution in [0.4, 0.5) is 0 Å². The van der Waals surface area contributed by atoms with Crippen LogP contribution in [-0.4, -0.2) is 16.8 Å². The number of hydrogen-bond acceptors (Lipinski definition) is 2. The number of rotatable bonds is 5. The summed E-state index contributed by atoms with van der Waals surface area (Å²) in [5, 5.41) is 7.81. The Balaban J connectivity index is 2.89. The number of nitrogens with zero attached hydrogens (tertiary/aromatic N) is 2. The highest BCUT2D eigenvalue weighted by atomic mass is 15.3.